The van der Waals surface area contributed by atoms with E-state index in [2.05, 4.69) is 83.1 Å². The van der Waals surface area contributed by atoms with Gasteiger partial charge in [-0.2, -0.15) is 0 Å². The second-order valence-electron chi connectivity index (χ2n) is 7.01. The Balaban J connectivity index is 1.92. The van der Waals surface area contributed by atoms with E-state index < -0.39 is 0 Å². The van der Waals surface area contributed by atoms with Crippen molar-refractivity contribution in [2.45, 2.75) is 52.6 Å². The van der Waals surface area contributed by atoms with E-state index >= 15 is 0 Å². The number of nitrogens with one attached hydrogen (secondary N) is 1. The first kappa shape index (κ1) is 17.2. The lowest BCUT2D eigenvalue weighted by molar-refractivity contribution is 0.701. The van der Waals surface area contributed by atoms with Crippen LogP contribution in [0, 0.1) is 0 Å². The molecule has 4 nitrogen and oxygen atoms in total. The maximum atomic E-state index is 4.82. The zero-order chi connectivity index (χ0) is 17.3. The van der Waals surface area contributed by atoms with Crippen LogP contribution >= 0.6 is 15.9 Å². The van der Waals surface area contributed by atoms with Gasteiger partial charge >= 0.3 is 0 Å². The van der Waals surface area contributed by atoms with E-state index in [1.165, 1.54) is 11.1 Å². The van der Waals surface area contributed by atoms with Crippen molar-refractivity contribution in [2.75, 3.05) is 16.8 Å². The molecule has 1 N–H and O–H groups in total. The summed E-state index contributed by atoms with van der Waals surface area (Å²) in [6.45, 7) is 10.4. The first-order valence-electron chi connectivity index (χ1n) is 8.60. The fourth-order valence-electron chi connectivity index (χ4n) is 2.96. The molecule has 2 heterocycles. The Morgan fingerprint density at radius 3 is 2.58 bits per heavy atom. The molecule has 0 aliphatic carbocycles. The highest BCUT2D eigenvalue weighted by Gasteiger charge is 2.20. The van der Waals surface area contributed by atoms with E-state index in [1.807, 2.05) is 0 Å². The number of hydrogen-bond donors (Lipinski definition) is 1. The molecule has 1 aromatic carbocycles. The van der Waals surface area contributed by atoms with Crippen LogP contribution in [-0.2, 0) is 13.0 Å². The Bertz CT molecular complexity index is 727. The van der Waals surface area contributed by atoms with E-state index in [0.717, 1.165) is 41.4 Å². The normalized spacial score (nSPS) is 14.2. The molecule has 5 heteroatoms. The van der Waals surface area contributed by atoms with Crippen molar-refractivity contribution in [3.05, 3.63) is 45.7 Å². The lowest BCUT2D eigenvalue weighted by Crippen LogP contribution is -2.31. The molecule has 1 aliphatic heterocycles. The molecule has 1 aromatic heterocycles. The van der Waals surface area contributed by atoms with Gasteiger partial charge in [-0.3, -0.25) is 0 Å². The largest absolute Gasteiger partial charge is 0.368 e. The monoisotopic (exact) mass is 388 g/mol. The van der Waals surface area contributed by atoms with E-state index in [4.69, 9.17) is 4.98 Å². The number of halogens is 1. The van der Waals surface area contributed by atoms with Crippen LogP contribution in [0.4, 0.5) is 11.6 Å². The highest BCUT2D eigenvalue weighted by atomic mass is 79.9. The third-order valence-electron chi connectivity index (χ3n) is 4.19. The van der Waals surface area contributed by atoms with Gasteiger partial charge in [-0.1, -0.05) is 35.8 Å². The van der Waals surface area contributed by atoms with Crippen molar-refractivity contribution >= 4 is 27.6 Å². The van der Waals surface area contributed by atoms with Gasteiger partial charge in [0.2, 0.25) is 0 Å². The molecule has 0 bridgehead atoms. The number of nitrogens with zero attached hydrogens (tertiary/aromatic N) is 3. The molecule has 0 spiro atoms. The highest BCUT2D eigenvalue weighted by molar-refractivity contribution is 9.10. The Hall–Kier alpha value is -1.62. The topological polar surface area (TPSA) is 41.0 Å². The van der Waals surface area contributed by atoms with Gasteiger partial charge in [-0.25, -0.2) is 9.97 Å². The standard InChI is InChI=1S/C19H25BrN4/c1-12(2)19-22-17(21-13(3)4)10-18(23-19)24-8-7-14-5-6-16(20)9-15(14)11-24/h5-6,9-10,12-13H,7-8,11H2,1-4H3,(H,21,22,23). The minimum Gasteiger partial charge on any atom is -0.368 e. The molecule has 0 atom stereocenters. The predicted octanol–water partition coefficient (Wildman–Crippen LogP) is 4.75. The van der Waals surface area contributed by atoms with Gasteiger partial charge in [-0.15, -0.1) is 0 Å². The predicted molar refractivity (Wildman–Crippen MR) is 104 cm³/mol. The van der Waals surface area contributed by atoms with Crippen LogP contribution in [0.15, 0.2) is 28.7 Å². The van der Waals surface area contributed by atoms with Crippen LogP contribution < -0.4 is 10.2 Å². The SMILES string of the molecule is CC(C)Nc1cc(N2CCc3ccc(Br)cc3C2)nc(C(C)C)n1. The van der Waals surface area contributed by atoms with Gasteiger partial charge in [0.25, 0.3) is 0 Å². The Morgan fingerprint density at radius 2 is 1.88 bits per heavy atom. The third-order valence-corrected chi connectivity index (χ3v) is 4.68. The molecule has 0 saturated heterocycles. The van der Waals surface area contributed by atoms with Gasteiger partial charge in [0.1, 0.15) is 17.5 Å². The van der Waals surface area contributed by atoms with E-state index in [-0.39, 0.29) is 0 Å². The summed E-state index contributed by atoms with van der Waals surface area (Å²) in [5, 5.41) is 3.42. The first-order valence-corrected chi connectivity index (χ1v) is 9.39. The summed E-state index contributed by atoms with van der Waals surface area (Å²) >= 11 is 3.58. The van der Waals surface area contributed by atoms with E-state index in [9.17, 15) is 0 Å². The number of anilines is 2. The summed E-state index contributed by atoms with van der Waals surface area (Å²) in [4.78, 5) is 11.8. The van der Waals surface area contributed by atoms with Crippen LogP contribution in [0.5, 0.6) is 0 Å². The van der Waals surface area contributed by atoms with E-state index in [1.54, 1.807) is 0 Å². The molecule has 0 fully saturated rings. The van der Waals surface area contributed by atoms with Crippen LogP contribution in [0.1, 0.15) is 50.6 Å². The fourth-order valence-corrected chi connectivity index (χ4v) is 3.37. The van der Waals surface area contributed by atoms with Gasteiger partial charge < -0.3 is 10.2 Å². The smallest absolute Gasteiger partial charge is 0.135 e. The van der Waals surface area contributed by atoms with Crippen molar-refractivity contribution in [1.29, 1.82) is 0 Å². The Labute approximate surface area is 152 Å². The van der Waals surface area contributed by atoms with Crippen LogP contribution in [-0.4, -0.2) is 22.6 Å². The number of hydrogen-bond acceptors (Lipinski definition) is 4. The molecule has 0 amide bonds. The number of aromatic nitrogens is 2. The Kier molecular flexibility index (Phi) is 5.09. The number of benzene rings is 1. The van der Waals surface area contributed by atoms with Crippen LogP contribution in [0.3, 0.4) is 0 Å². The summed E-state index contributed by atoms with van der Waals surface area (Å²) in [5.41, 5.74) is 2.81. The van der Waals surface area contributed by atoms with Crippen molar-refractivity contribution in [1.82, 2.24) is 9.97 Å². The van der Waals surface area contributed by atoms with Gasteiger partial charge in [0.05, 0.1) is 0 Å². The summed E-state index contributed by atoms with van der Waals surface area (Å²) in [6.07, 6.45) is 1.05. The first-order chi connectivity index (χ1) is 11.4. The maximum Gasteiger partial charge on any atom is 0.135 e. The molecule has 3 rings (SSSR count). The molecular formula is C19H25BrN4. The summed E-state index contributed by atoms with van der Waals surface area (Å²) in [7, 11) is 0. The highest BCUT2D eigenvalue weighted by Crippen LogP contribution is 2.28. The van der Waals surface area contributed by atoms with Gasteiger partial charge in [-0.05, 0) is 43.5 Å². The van der Waals surface area contributed by atoms with Crippen molar-refractivity contribution in [3.8, 4) is 0 Å². The number of fused-ring (bicyclic) bond motifs is 1. The van der Waals surface area contributed by atoms with E-state index in [0.29, 0.717) is 12.0 Å². The number of rotatable bonds is 4. The zero-order valence-corrected chi connectivity index (χ0v) is 16.4. The van der Waals surface area contributed by atoms with Crippen molar-refractivity contribution < 1.29 is 0 Å². The molecule has 2 aromatic rings. The molecule has 0 unspecified atom stereocenters. The van der Waals surface area contributed by atoms with Crippen LogP contribution in [0.2, 0.25) is 0 Å². The second-order valence-corrected chi connectivity index (χ2v) is 7.92. The Morgan fingerprint density at radius 1 is 1.08 bits per heavy atom. The molecule has 0 radical (unpaired) electrons. The maximum absolute atomic E-state index is 4.82. The van der Waals surface area contributed by atoms with Crippen molar-refractivity contribution in [2.24, 2.45) is 0 Å². The van der Waals surface area contributed by atoms with Crippen LogP contribution in [0.25, 0.3) is 0 Å². The van der Waals surface area contributed by atoms with Gasteiger partial charge in [0.15, 0.2) is 0 Å². The summed E-state index contributed by atoms with van der Waals surface area (Å²) < 4.78 is 1.14. The lowest BCUT2D eigenvalue weighted by Gasteiger charge is -2.30. The van der Waals surface area contributed by atoms with Gasteiger partial charge in [0, 0.05) is 35.6 Å². The summed E-state index contributed by atoms with van der Waals surface area (Å²) in [5.74, 6) is 3.14. The average Bonchev–Trinajstić information content (AvgIpc) is 2.53. The molecule has 0 saturated carbocycles. The molecule has 1 aliphatic rings. The molecule has 24 heavy (non-hydrogen) atoms. The average molecular weight is 389 g/mol. The molecular weight excluding hydrogens is 364 g/mol. The fraction of sp³-hybridized carbons (Fsp3) is 0.474. The summed E-state index contributed by atoms with van der Waals surface area (Å²) in [6, 6.07) is 9.00. The quantitative estimate of drug-likeness (QED) is 0.820. The zero-order valence-electron chi connectivity index (χ0n) is 14.8. The lowest BCUT2D eigenvalue weighted by atomic mass is 10.00. The third kappa shape index (κ3) is 3.89. The second kappa shape index (κ2) is 7.09. The van der Waals surface area contributed by atoms with Crippen molar-refractivity contribution in [3.63, 3.8) is 0 Å². The minimum atomic E-state index is 0.309. The minimum absolute atomic E-state index is 0.309. The molecule has 128 valence electrons.